The van der Waals surface area contributed by atoms with E-state index in [9.17, 15) is 18.0 Å². The van der Waals surface area contributed by atoms with E-state index in [-0.39, 0.29) is 35.3 Å². The second kappa shape index (κ2) is 6.78. The summed E-state index contributed by atoms with van der Waals surface area (Å²) in [7, 11) is 0. The van der Waals surface area contributed by atoms with E-state index in [1.807, 2.05) is 0 Å². The zero-order valence-electron chi connectivity index (χ0n) is 12.3. The molecule has 0 radical (unpaired) electrons. The number of pyridine rings is 1. The number of anilines is 1. The highest BCUT2D eigenvalue weighted by molar-refractivity contribution is 6.32. The van der Waals surface area contributed by atoms with Crippen molar-refractivity contribution in [1.29, 1.82) is 0 Å². The van der Waals surface area contributed by atoms with Crippen LogP contribution in [-0.2, 0) is 0 Å². The van der Waals surface area contributed by atoms with Crippen LogP contribution >= 0.6 is 11.6 Å². The molecule has 2 N–H and O–H groups in total. The fourth-order valence-corrected chi connectivity index (χ4v) is 2.74. The lowest BCUT2D eigenvalue weighted by molar-refractivity contribution is 0.105. The van der Waals surface area contributed by atoms with Gasteiger partial charge in [-0.15, -0.1) is 0 Å². The van der Waals surface area contributed by atoms with E-state index in [2.05, 4.69) is 20.3 Å². The number of nitrogens with one attached hydrogen (secondary N) is 2. The molecular formula is C14H13ClF3N5O. The van der Waals surface area contributed by atoms with Crippen LogP contribution in [0, 0.1) is 5.95 Å². The molecular weight excluding hydrogens is 347 g/mol. The number of aromatic nitrogens is 3. The number of aromatic amines is 1. The summed E-state index contributed by atoms with van der Waals surface area (Å²) in [4.78, 5) is 23.4. The van der Waals surface area contributed by atoms with Crippen molar-refractivity contribution in [3.8, 4) is 11.4 Å². The molecule has 128 valence electrons. The molecule has 1 saturated heterocycles. The maximum absolute atomic E-state index is 13.3. The molecule has 2 aromatic heterocycles. The minimum atomic E-state index is -2.64. The van der Waals surface area contributed by atoms with E-state index in [1.165, 1.54) is 17.2 Å². The van der Waals surface area contributed by atoms with Gasteiger partial charge in [0.15, 0.2) is 5.82 Å². The van der Waals surface area contributed by atoms with Crippen molar-refractivity contribution in [3.63, 3.8) is 0 Å². The lowest BCUT2D eigenvalue weighted by Crippen LogP contribution is -2.55. The third-order valence-electron chi connectivity index (χ3n) is 3.69. The summed E-state index contributed by atoms with van der Waals surface area (Å²) in [6.07, 6.45) is -1.43. The molecule has 6 nitrogen and oxygen atoms in total. The lowest BCUT2D eigenvalue weighted by Gasteiger charge is -2.36. The summed E-state index contributed by atoms with van der Waals surface area (Å²) in [5, 5.41) is 2.59. The normalized spacial score (nSPS) is 18.2. The van der Waals surface area contributed by atoms with Crippen LogP contribution in [-0.4, -0.2) is 47.1 Å². The molecule has 0 amide bonds. The van der Waals surface area contributed by atoms with Gasteiger partial charge < -0.3 is 15.2 Å². The molecule has 0 bridgehead atoms. The summed E-state index contributed by atoms with van der Waals surface area (Å²) in [6, 6.07) is 1.37. The second-order valence-corrected chi connectivity index (χ2v) is 5.60. The molecule has 0 aromatic carbocycles. The first-order valence-corrected chi connectivity index (χ1v) is 7.52. The molecule has 1 aliphatic heterocycles. The van der Waals surface area contributed by atoms with Crippen molar-refractivity contribution < 1.29 is 13.2 Å². The summed E-state index contributed by atoms with van der Waals surface area (Å²) < 4.78 is 39.8. The van der Waals surface area contributed by atoms with Crippen molar-refractivity contribution in [2.45, 2.75) is 12.5 Å². The Morgan fingerprint density at radius 2 is 2.21 bits per heavy atom. The molecule has 0 aliphatic carbocycles. The molecule has 2 aromatic rings. The van der Waals surface area contributed by atoms with Gasteiger partial charge in [0.2, 0.25) is 5.95 Å². The van der Waals surface area contributed by atoms with Gasteiger partial charge in [-0.2, -0.15) is 4.39 Å². The van der Waals surface area contributed by atoms with Crippen molar-refractivity contribution in [2.24, 2.45) is 0 Å². The van der Waals surface area contributed by atoms with Crippen LogP contribution < -0.4 is 15.8 Å². The van der Waals surface area contributed by atoms with Crippen LogP contribution in [0.3, 0.4) is 0 Å². The Morgan fingerprint density at radius 3 is 2.92 bits per heavy atom. The third kappa shape index (κ3) is 3.22. The van der Waals surface area contributed by atoms with Crippen LogP contribution in [0.4, 0.5) is 19.0 Å². The standard InChI is InChI=1S/C14H13ClF3N5O/c15-10-13(23-4-3-19-6-8(23)11(17)18)21-12(22-14(10)24)7-1-2-20-9(16)5-7/h1-2,5,8,11,19H,3-4,6H2,(H,21,22,24)/t8-/m1/s1. The number of rotatable bonds is 3. The zero-order chi connectivity index (χ0) is 17.3. The average Bonchev–Trinajstić information content (AvgIpc) is 2.57. The smallest absolute Gasteiger partial charge is 0.272 e. The van der Waals surface area contributed by atoms with Crippen LogP contribution in [0.2, 0.25) is 5.02 Å². The highest BCUT2D eigenvalue weighted by atomic mass is 35.5. The molecule has 10 heteroatoms. The molecule has 0 unspecified atom stereocenters. The highest BCUT2D eigenvalue weighted by Crippen LogP contribution is 2.27. The van der Waals surface area contributed by atoms with Gasteiger partial charge in [0.25, 0.3) is 12.0 Å². The maximum atomic E-state index is 13.3. The van der Waals surface area contributed by atoms with E-state index in [0.717, 1.165) is 6.07 Å². The number of hydrogen-bond acceptors (Lipinski definition) is 5. The van der Waals surface area contributed by atoms with E-state index in [4.69, 9.17) is 11.6 Å². The molecule has 1 aliphatic rings. The van der Waals surface area contributed by atoms with Gasteiger partial charge in [0, 0.05) is 37.5 Å². The Hall–Kier alpha value is -2.13. The van der Waals surface area contributed by atoms with Crippen molar-refractivity contribution in [2.75, 3.05) is 24.5 Å². The number of piperazine rings is 1. The molecule has 3 rings (SSSR count). The van der Waals surface area contributed by atoms with Crippen molar-refractivity contribution in [3.05, 3.63) is 39.7 Å². The Morgan fingerprint density at radius 1 is 1.42 bits per heavy atom. The van der Waals surface area contributed by atoms with Crippen LogP contribution in [0.5, 0.6) is 0 Å². The van der Waals surface area contributed by atoms with Gasteiger partial charge in [0.05, 0.1) is 0 Å². The van der Waals surface area contributed by atoms with E-state index in [0.29, 0.717) is 6.54 Å². The number of halogens is 4. The van der Waals surface area contributed by atoms with Gasteiger partial charge in [-0.1, -0.05) is 11.6 Å². The Labute approximate surface area is 139 Å². The Bertz CT molecular complexity index is 800. The van der Waals surface area contributed by atoms with E-state index in [1.54, 1.807) is 0 Å². The monoisotopic (exact) mass is 359 g/mol. The topological polar surface area (TPSA) is 73.9 Å². The number of hydrogen-bond donors (Lipinski definition) is 2. The molecule has 3 heterocycles. The summed E-state index contributed by atoms with van der Waals surface area (Å²) in [5.41, 5.74) is -0.415. The second-order valence-electron chi connectivity index (χ2n) is 5.22. The number of alkyl halides is 2. The Kier molecular flexibility index (Phi) is 4.72. The highest BCUT2D eigenvalue weighted by Gasteiger charge is 2.33. The third-order valence-corrected chi connectivity index (χ3v) is 4.03. The molecule has 0 saturated carbocycles. The number of nitrogens with zero attached hydrogens (tertiary/aromatic N) is 3. The van der Waals surface area contributed by atoms with Crippen LogP contribution in [0.25, 0.3) is 11.4 Å². The molecule has 1 atom stereocenters. The predicted molar refractivity (Wildman–Crippen MR) is 83.1 cm³/mol. The van der Waals surface area contributed by atoms with Gasteiger partial charge >= 0.3 is 0 Å². The first-order chi connectivity index (χ1) is 11.5. The summed E-state index contributed by atoms with van der Waals surface area (Å²) in [6.45, 7) is 0.713. The largest absolute Gasteiger partial charge is 0.344 e. The fourth-order valence-electron chi connectivity index (χ4n) is 2.54. The van der Waals surface area contributed by atoms with Crippen LogP contribution in [0.15, 0.2) is 23.1 Å². The molecule has 1 fully saturated rings. The fraction of sp³-hybridized carbons (Fsp3) is 0.357. The van der Waals surface area contributed by atoms with Crippen molar-refractivity contribution >= 4 is 17.4 Å². The minimum absolute atomic E-state index is 0.0345. The summed E-state index contributed by atoms with van der Waals surface area (Å²) in [5.74, 6) is -0.758. The van der Waals surface area contributed by atoms with Gasteiger partial charge in [-0.25, -0.2) is 18.7 Å². The maximum Gasteiger partial charge on any atom is 0.272 e. The van der Waals surface area contributed by atoms with Crippen LogP contribution in [0.1, 0.15) is 0 Å². The predicted octanol–water partition coefficient (Wildman–Crippen LogP) is 1.67. The van der Waals surface area contributed by atoms with Gasteiger partial charge in [-0.3, -0.25) is 4.79 Å². The lowest BCUT2D eigenvalue weighted by atomic mass is 10.2. The molecule has 0 spiro atoms. The van der Waals surface area contributed by atoms with Gasteiger partial charge in [-0.05, 0) is 6.07 Å². The van der Waals surface area contributed by atoms with E-state index >= 15 is 0 Å². The minimum Gasteiger partial charge on any atom is -0.344 e. The van der Waals surface area contributed by atoms with Gasteiger partial charge in [0.1, 0.15) is 16.9 Å². The SMILES string of the molecule is O=c1[nH]c(-c2ccnc(F)c2)nc(N2CCNC[C@@H]2C(F)F)c1Cl. The van der Waals surface area contributed by atoms with Crippen molar-refractivity contribution in [1.82, 2.24) is 20.3 Å². The summed E-state index contributed by atoms with van der Waals surface area (Å²) >= 11 is 5.99. The molecule has 24 heavy (non-hydrogen) atoms. The zero-order valence-corrected chi connectivity index (χ0v) is 13.0. The quantitative estimate of drug-likeness (QED) is 0.815. The van der Waals surface area contributed by atoms with E-state index < -0.39 is 24.0 Å². The first kappa shape index (κ1) is 16.7. The first-order valence-electron chi connectivity index (χ1n) is 7.14. The average molecular weight is 360 g/mol. The Balaban J connectivity index is 2.09. The number of H-pyrrole nitrogens is 1.